The fourth-order valence-electron chi connectivity index (χ4n) is 0. The van der Waals surface area contributed by atoms with Crippen molar-refractivity contribution in [3.05, 3.63) is 0 Å². The number of hydrogen-bond donors (Lipinski definition) is 6. The van der Waals surface area contributed by atoms with Gasteiger partial charge in [-0.3, -0.25) is 0 Å². The van der Waals surface area contributed by atoms with Crippen LogP contribution in [-0.2, 0) is 4.79 Å². The second kappa shape index (κ2) is 12.6. The molecule has 0 aliphatic carbocycles. The third-order valence-corrected chi connectivity index (χ3v) is 0.622. The predicted molar refractivity (Wildman–Crippen MR) is 51.9 cm³/mol. The van der Waals surface area contributed by atoms with E-state index in [0.717, 1.165) is 0 Å². The summed E-state index contributed by atoms with van der Waals surface area (Å²) >= 11 is 0. The topological polar surface area (TPSA) is 167 Å². The second-order valence-corrected chi connectivity index (χ2v) is 2.45. The fraction of sp³-hybridized carbons (Fsp3) is 0.714. The van der Waals surface area contributed by atoms with Crippen molar-refractivity contribution in [2.45, 2.75) is 26.1 Å². The minimum absolute atomic E-state index is 0.139. The maximum absolute atomic E-state index is 9.45. The quantitative estimate of drug-likeness (QED) is 0.313. The van der Waals surface area contributed by atoms with Crippen molar-refractivity contribution in [1.82, 2.24) is 0 Å². The summed E-state index contributed by atoms with van der Waals surface area (Å²) < 4.78 is 0. The molecule has 0 bridgehead atoms. The van der Waals surface area contributed by atoms with Gasteiger partial charge < -0.3 is 31.9 Å². The van der Waals surface area contributed by atoms with Gasteiger partial charge in [-0.2, -0.15) is 0 Å². The zero-order valence-corrected chi connectivity index (χ0v) is 8.62. The number of rotatable bonds is 2. The highest BCUT2D eigenvalue weighted by molar-refractivity contribution is 5.71. The predicted octanol–water partition coefficient (Wildman–Crippen LogP) is -2.16. The number of primary amides is 2. The largest absolute Gasteiger partial charge is 0.479 e. The summed E-state index contributed by atoms with van der Waals surface area (Å²) in [5.41, 5.74) is 8.50. The van der Waals surface area contributed by atoms with E-state index in [1.165, 1.54) is 13.8 Å². The van der Waals surface area contributed by atoms with Crippen molar-refractivity contribution in [2.24, 2.45) is 11.5 Å². The first kappa shape index (κ1) is 19.2. The molecule has 0 aliphatic heterocycles. The molecule has 0 aliphatic rings. The highest BCUT2D eigenvalue weighted by Crippen LogP contribution is 1.73. The van der Waals surface area contributed by atoms with Crippen LogP contribution in [0.1, 0.15) is 13.8 Å². The zero-order chi connectivity index (χ0) is 13.0. The Balaban J connectivity index is -0.000000147. The molecule has 0 radical (unpaired) electrons. The second-order valence-electron chi connectivity index (χ2n) is 2.45. The standard InChI is InChI=1S/C3H6O3.C3H8O2.CH4N2O/c1-2(4)3(5)6;1-3(5)2-4;2-1(3)4/h2,4H,1H3,(H,5,6);3-5H,2H2,1H3;(H4,2,3,4). The molecule has 2 atom stereocenters. The molecular weight excluding hydrogens is 208 g/mol. The number of carbonyl (C=O) groups excluding carboxylic acids is 1. The first-order valence-corrected chi connectivity index (χ1v) is 3.89. The van der Waals surface area contributed by atoms with Crippen molar-refractivity contribution in [2.75, 3.05) is 6.61 Å². The van der Waals surface area contributed by atoms with Gasteiger partial charge in [0.05, 0.1) is 12.7 Å². The summed E-state index contributed by atoms with van der Waals surface area (Å²) in [5.74, 6) is -1.19. The Morgan fingerprint density at radius 2 is 1.33 bits per heavy atom. The minimum Gasteiger partial charge on any atom is -0.479 e. The van der Waals surface area contributed by atoms with E-state index < -0.39 is 24.2 Å². The Bertz CT molecular complexity index is 167. The first-order valence-electron chi connectivity index (χ1n) is 3.89. The van der Waals surface area contributed by atoms with Crippen LogP contribution in [0.2, 0.25) is 0 Å². The summed E-state index contributed by atoms with van der Waals surface area (Å²) in [6, 6.07) is -0.833. The molecule has 8 nitrogen and oxygen atoms in total. The van der Waals surface area contributed by atoms with Gasteiger partial charge in [0.2, 0.25) is 0 Å². The van der Waals surface area contributed by atoms with E-state index in [-0.39, 0.29) is 6.61 Å². The highest BCUT2D eigenvalue weighted by atomic mass is 16.4. The molecule has 8 heteroatoms. The third kappa shape index (κ3) is 66.7. The van der Waals surface area contributed by atoms with E-state index in [1.54, 1.807) is 0 Å². The van der Waals surface area contributed by atoms with Crippen LogP contribution in [-0.4, -0.2) is 51.2 Å². The summed E-state index contributed by atoms with van der Waals surface area (Å²) in [5, 5.41) is 31.8. The van der Waals surface area contributed by atoms with Crippen LogP contribution in [0.5, 0.6) is 0 Å². The maximum atomic E-state index is 9.45. The monoisotopic (exact) mass is 226 g/mol. The number of amides is 2. The number of carboxylic acid groups (broad SMARTS) is 1. The Morgan fingerprint density at radius 1 is 1.20 bits per heavy atom. The van der Waals surface area contributed by atoms with Gasteiger partial charge in [-0.15, -0.1) is 0 Å². The summed E-state index contributed by atoms with van der Waals surface area (Å²) in [7, 11) is 0. The molecule has 15 heavy (non-hydrogen) atoms. The number of carboxylic acids is 1. The lowest BCUT2D eigenvalue weighted by molar-refractivity contribution is -0.145. The molecule has 0 aromatic rings. The molecule has 0 fully saturated rings. The molecule has 0 saturated carbocycles. The van der Waals surface area contributed by atoms with Crippen molar-refractivity contribution in [3.8, 4) is 0 Å². The third-order valence-electron chi connectivity index (χ3n) is 0.622. The number of aliphatic hydroxyl groups is 3. The molecule has 2 amide bonds. The smallest absolute Gasteiger partial charge is 0.332 e. The lowest BCUT2D eigenvalue weighted by Gasteiger charge is -1.90. The van der Waals surface area contributed by atoms with Gasteiger partial charge >= 0.3 is 12.0 Å². The summed E-state index contributed by atoms with van der Waals surface area (Å²) in [4.78, 5) is 18.4. The fourth-order valence-corrected chi connectivity index (χ4v) is 0. The molecule has 8 N–H and O–H groups in total. The molecule has 92 valence electrons. The van der Waals surface area contributed by atoms with Crippen LogP contribution in [0.15, 0.2) is 0 Å². The SMILES string of the molecule is CC(O)C(=O)O.CC(O)CO.NC(N)=O. The molecule has 0 heterocycles. The number of aliphatic carboxylic acids is 1. The van der Waals surface area contributed by atoms with E-state index in [9.17, 15) is 4.79 Å². The van der Waals surface area contributed by atoms with Gasteiger partial charge in [0.15, 0.2) is 0 Å². The number of nitrogens with two attached hydrogens (primary N) is 2. The van der Waals surface area contributed by atoms with Gasteiger partial charge in [0.1, 0.15) is 6.10 Å². The first-order chi connectivity index (χ1) is 6.64. The number of carbonyl (C=O) groups is 2. The van der Waals surface area contributed by atoms with Gasteiger partial charge in [-0.25, -0.2) is 9.59 Å². The molecule has 0 spiro atoms. The Morgan fingerprint density at radius 3 is 1.33 bits per heavy atom. The van der Waals surface area contributed by atoms with Crippen LogP contribution in [0.4, 0.5) is 4.79 Å². The normalized spacial score (nSPS) is 12.1. The van der Waals surface area contributed by atoms with Gasteiger partial charge in [-0.05, 0) is 13.8 Å². The molecule has 0 aromatic heterocycles. The number of aliphatic hydroxyl groups excluding tert-OH is 3. The van der Waals surface area contributed by atoms with Crippen LogP contribution < -0.4 is 11.5 Å². The lowest BCUT2D eigenvalue weighted by Crippen LogP contribution is -2.18. The molecule has 0 rings (SSSR count). The van der Waals surface area contributed by atoms with E-state index in [0.29, 0.717) is 0 Å². The average molecular weight is 226 g/mol. The number of hydrogen-bond acceptors (Lipinski definition) is 5. The van der Waals surface area contributed by atoms with Crippen LogP contribution in [0, 0.1) is 0 Å². The average Bonchev–Trinajstić information content (AvgIpc) is 2.04. The molecule has 2 unspecified atom stereocenters. The van der Waals surface area contributed by atoms with Gasteiger partial charge in [-0.1, -0.05) is 0 Å². The molecular formula is C7H18N2O6. The van der Waals surface area contributed by atoms with E-state index in [2.05, 4.69) is 11.5 Å². The Labute approximate surface area is 87.1 Å². The van der Waals surface area contributed by atoms with Crippen LogP contribution in [0.3, 0.4) is 0 Å². The van der Waals surface area contributed by atoms with E-state index in [1.807, 2.05) is 0 Å². The zero-order valence-electron chi connectivity index (χ0n) is 8.62. The lowest BCUT2D eigenvalue weighted by atomic mass is 10.4. The highest BCUT2D eigenvalue weighted by Gasteiger charge is 2.01. The minimum atomic E-state index is -1.23. The summed E-state index contributed by atoms with van der Waals surface area (Å²) in [6.45, 7) is 2.59. The van der Waals surface area contributed by atoms with Crippen molar-refractivity contribution in [1.29, 1.82) is 0 Å². The maximum Gasteiger partial charge on any atom is 0.332 e. The Hall–Kier alpha value is -1.38. The van der Waals surface area contributed by atoms with Gasteiger partial charge in [0.25, 0.3) is 0 Å². The molecule has 0 aromatic carbocycles. The van der Waals surface area contributed by atoms with Crippen molar-refractivity contribution in [3.63, 3.8) is 0 Å². The van der Waals surface area contributed by atoms with Gasteiger partial charge in [0, 0.05) is 0 Å². The van der Waals surface area contributed by atoms with Crippen molar-refractivity contribution < 1.29 is 30.0 Å². The van der Waals surface area contributed by atoms with Crippen molar-refractivity contribution >= 4 is 12.0 Å². The van der Waals surface area contributed by atoms with Crippen LogP contribution >= 0.6 is 0 Å². The summed E-state index contributed by atoms with van der Waals surface area (Å²) in [6.07, 6.45) is -1.79. The number of urea groups is 1. The van der Waals surface area contributed by atoms with Crippen LogP contribution in [0.25, 0.3) is 0 Å². The molecule has 0 saturated heterocycles. The van der Waals surface area contributed by atoms with E-state index >= 15 is 0 Å². The Kier molecular flexibility index (Phi) is 16.2. The van der Waals surface area contributed by atoms with E-state index in [4.69, 9.17) is 25.2 Å².